The summed E-state index contributed by atoms with van der Waals surface area (Å²) in [6.45, 7) is 8.73. The van der Waals surface area contributed by atoms with E-state index in [9.17, 15) is 0 Å². The Morgan fingerprint density at radius 1 is 0.789 bits per heavy atom. The summed E-state index contributed by atoms with van der Waals surface area (Å²) in [6.07, 6.45) is 3.84. The van der Waals surface area contributed by atoms with E-state index in [-0.39, 0.29) is 11.2 Å². The molecule has 0 aromatic heterocycles. The molecule has 0 spiro atoms. The van der Waals surface area contributed by atoms with Crippen LogP contribution in [-0.4, -0.2) is 0 Å². The third kappa shape index (κ3) is 1.83. The highest BCUT2D eigenvalue weighted by atomic mass is 16.5. The number of benzene rings is 1. The number of hydrogen-bond donors (Lipinski definition) is 2. The molecule has 0 bridgehead atoms. The molecule has 106 valence electrons. The van der Waals surface area contributed by atoms with Crippen molar-refractivity contribution in [3.05, 3.63) is 23.3 Å². The van der Waals surface area contributed by atoms with Crippen LogP contribution < -0.4 is 11.5 Å². The molecule has 2 rings (SSSR count). The summed E-state index contributed by atoms with van der Waals surface area (Å²) in [5, 5.41) is 0. The minimum absolute atomic E-state index is 0.205. The van der Waals surface area contributed by atoms with Crippen molar-refractivity contribution in [2.75, 3.05) is 11.5 Å². The molecule has 3 nitrogen and oxygen atoms in total. The highest BCUT2D eigenvalue weighted by Gasteiger charge is 2.50. The topological polar surface area (TPSA) is 61.3 Å². The summed E-state index contributed by atoms with van der Waals surface area (Å²) in [7, 11) is 0. The highest BCUT2D eigenvalue weighted by molar-refractivity contribution is 5.68. The molecule has 0 atom stereocenters. The third-order valence-corrected chi connectivity index (χ3v) is 4.88. The Balaban J connectivity index is 2.71. The van der Waals surface area contributed by atoms with E-state index in [0.717, 1.165) is 25.7 Å². The van der Waals surface area contributed by atoms with Crippen molar-refractivity contribution in [1.29, 1.82) is 0 Å². The fourth-order valence-electron chi connectivity index (χ4n) is 3.42. The van der Waals surface area contributed by atoms with E-state index in [4.69, 9.17) is 16.2 Å². The van der Waals surface area contributed by atoms with Crippen molar-refractivity contribution >= 4 is 11.4 Å². The first-order valence-electron chi connectivity index (χ1n) is 7.38. The van der Waals surface area contributed by atoms with Gasteiger partial charge in [-0.3, -0.25) is 0 Å². The lowest BCUT2D eigenvalue weighted by molar-refractivity contribution is -0.151. The van der Waals surface area contributed by atoms with Gasteiger partial charge < -0.3 is 16.2 Å². The first kappa shape index (κ1) is 14.2. The minimum Gasteiger partial charge on any atom is -0.397 e. The van der Waals surface area contributed by atoms with Gasteiger partial charge in [0.15, 0.2) is 0 Å². The molecule has 1 heterocycles. The Kier molecular flexibility index (Phi) is 3.52. The normalized spacial score (nSPS) is 19.4. The Labute approximate surface area is 116 Å². The Morgan fingerprint density at radius 3 is 1.37 bits per heavy atom. The zero-order chi connectivity index (χ0) is 14.3. The van der Waals surface area contributed by atoms with Crippen molar-refractivity contribution in [2.45, 2.75) is 64.6 Å². The lowest BCUT2D eigenvalue weighted by Gasteiger charge is -2.34. The summed E-state index contributed by atoms with van der Waals surface area (Å²) < 4.78 is 6.60. The molecule has 0 aliphatic carbocycles. The van der Waals surface area contributed by atoms with Gasteiger partial charge in [0.05, 0.1) is 22.6 Å². The van der Waals surface area contributed by atoms with Crippen LogP contribution in [0.5, 0.6) is 0 Å². The van der Waals surface area contributed by atoms with Crippen LogP contribution in [0.15, 0.2) is 12.1 Å². The molecule has 19 heavy (non-hydrogen) atoms. The van der Waals surface area contributed by atoms with Gasteiger partial charge in [-0.25, -0.2) is 0 Å². The molecule has 1 aliphatic heterocycles. The van der Waals surface area contributed by atoms with Crippen LogP contribution in [0.25, 0.3) is 0 Å². The molecule has 3 heteroatoms. The Hall–Kier alpha value is -1.22. The van der Waals surface area contributed by atoms with Crippen LogP contribution in [0.3, 0.4) is 0 Å². The lowest BCUT2D eigenvalue weighted by atomic mass is 9.82. The van der Waals surface area contributed by atoms with Crippen LogP contribution in [0, 0.1) is 0 Å². The first-order chi connectivity index (χ1) is 8.98. The molecule has 0 saturated carbocycles. The zero-order valence-corrected chi connectivity index (χ0v) is 12.5. The van der Waals surface area contributed by atoms with Crippen LogP contribution in [0.2, 0.25) is 0 Å². The van der Waals surface area contributed by atoms with Crippen molar-refractivity contribution in [3.8, 4) is 0 Å². The summed E-state index contributed by atoms with van der Waals surface area (Å²) in [6, 6.07) is 4.06. The summed E-state index contributed by atoms with van der Waals surface area (Å²) in [5.74, 6) is 0. The number of rotatable bonds is 4. The van der Waals surface area contributed by atoms with Crippen LogP contribution in [0.1, 0.15) is 64.5 Å². The molecule has 0 fully saturated rings. The van der Waals surface area contributed by atoms with Crippen molar-refractivity contribution in [1.82, 2.24) is 0 Å². The fraction of sp³-hybridized carbons (Fsp3) is 0.625. The molecule has 1 aromatic rings. The van der Waals surface area contributed by atoms with Gasteiger partial charge in [0.1, 0.15) is 0 Å². The van der Waals surface area contributed by atoms with Crippen LogP contribution in [0.4, 0.5) is 11.4 Å². The smallest absolute Gasteiger partial charge is 0.0942 e. The van der Waals surface area contributed by atoms with E-state index in [2.05, 4.69) is 27.7 Å². The van der Waals surface area contributed by atoms with Gasteiger partial charge in [-0.15, -0.1) is 0 Å². The molecule has 0 amide bonds. The van der Waals surface area contributed by atoms with Crippen LogP contribution >= 0.6 is 0 Å². The number of nitrogens with two attached hydrogens (primary N) is 2. The monoisotopic (exact) mass is 262 g/mol. The first-order valence-corrected chi connectivity index (χ1v) is 7.38. The van der Waals surface area contributed by atoms with Gasteiger partial charge in [-0.1, -0.05) is 27.7 Å². The van der Waals surface area contributed by atoms with E-state index in [1.165, 1.54) is 11.1 Å². The number of ether oxygens (including phenoxy) is 1. The van der Waals surface area contributed by atoms with Gasteiger partial charge in [-0.05, 0) is 48.9 Å². The number of hydrogen-bond acceptors (Lipinski definition) is 3. The second-order valence-electron chi connectivity index (χ2n) is 5.53. The fourth-order valence-corrected chi connectivity index (χ4v) is 3.42. The molecular weight excluding hydrogens is 236 g/mol. The van der Waals surface area contributed by atoms with E-state index in [1.54, 1.807) is 0 Å². The van der Waals surface area contributed by atoms with E-state index in [0.29, 0.717) is 11.4 Å². The quantitative estimate of drug-likeness (QED) is 0.809. The average molecular weight is 262 g/mol. The lowest BCUT2D eigenvalue weighted by Crippen LogP contribution is -2.31. The van der Waals surface area contributed by atoms with Crippen molar-refractivity contribution < 1.29 is 4.74 Å². The second kappa shape index (κ2) is 4.71. The summed E-state index contributed by atoms with van der Waals surface area (Å²) in [5.41, 5.74) is 15.4. The maximum Gasteiger partial charge on any atom is 0.0942 e. The maximum absolute atomic E-state index is 6.60. The average Bonchev–Trinajstić information content (AvgIpc) is 2.71. The predicted molar refractivity (Wildman–Crippen MR) is 80.9 cm³/mol. The van der Waals surface area contributed by atoms with E-state index in [1.807, 2.05) is 12.1 Å². The maximum atomic E-state index is 6.60. The minimum atomic E-state index is -0.205. The Bertz CT molecular complexity index is 431. The highest BCUT2D eigenvalue weighted by Crippen LogP contribution is 2.54. The zero-order valence-electron chi connectivity index (χ0n) is 12.5. The van der Waals surface area contributed by atoms with Gasteiger partial charge in [0, 0.05) is 0 Å². The third-order valence-electron chi connectivity index (χ3n) is 4.88. The van der Waals surface area contributed by atoms with Crippen LogP contribution in [-0.2, 0) is 15.9 Å². The SMILES string of the molecule is CCC1(CC)OC(CC)(CC)c2cc(N)c(N)cc21. The van der Waals surface area contributed by atoms with E-state index >= 15 is 0 Å². The number of anilines is 2. The number of nitrogen functional groups attached to an aromatic ring is 2. The molecule has 1 aliphatic rings. The predicted octanol–water partition coefficient (Wildman–Crippen LogP) is 3.91. The molecule has 0 radical (unpaired) electrons. The largest absolute Gasteiger partial charge is 0.397 e. The Morgan fingerprint density at radius 2 is 1.11 bits per heavy atom. The van der Waals surface area contributed by atoms with Gasteiger partial charge in [-0.2, -0.15) is 0 Å². The second-order valence-corrected chi connectivity index (χ2v) is 5.53. The molecule has 0 saturated heterocycles. The summed E-state index contributed by atoms with van der Waals surface area (Å²) in [4.78, 5) is 0. The van der Waals surface area contributed by atoms with Crippen molar-refractivity contribution in [3.63, 3.8) is 0 Å². The molecular formula is C16H26N2O. The number of fused-ring (bicyclic) bond motifs is 1. The molecule has 1 aromatic carbocycles. The van der Waals surface area contributed by atoms with Gasteiger partial charge >= 0.3 is 0 Å². The standard InChI is InChI=1S/C16H26N2O/c1-5-15(6-2)11-9-13(17)14(18)10-12(11)16(7-3,8-4)19-15/h9-10H,5-8,17-18H2,1-4H3. The van der Waals surface area contributed by atoms with Crippen molar-refractivity contribution in [2.24, 2.45) is 0 Å². The van der Waals surface area contributed by atoms with E-state index < -0.39 is 0 Å². The molecule has 4 N–H and O–H groups in total. The molecule has 0 unspecified atom stereocenters. The van der Waals surface area contributed by atoms with Gasteiger partial charge in [0.2, 0.25) is 0 Å². The summed E-state index contributed by atoms with van der Waals surface area (Å²) >= 11 is 0. The van der Waals surface area contributed by atoms with Gasteiger partial charge in [0.25, 0.3) is 0 Å².